The highest BCUT2D eigenvalue weighted by molar-refractivity contribution is 5.87. The third-order valence-corrected chi connectivity index (χ3v) is 2.66. The maximum absolute atomic E-state index is 10.7. The van der Waals surface area contributed by atoms with Crippen molar-refractivity contribution in [2.24, 2.45) is 0 Å². The molecule has 0 saturated heterocycles. The second-order valence-corrected chi connectivity index (χ2v) is 4.02. The Morgan fingerprint density at radius 3 is 2.28 bits per heavy atom. The molecule has 0 saturated carbocycles. The Hall–Kier alpha value is -2.35. The summed E-state index contributed by atoms with van der Waals surface area (Å²) < 4.78 is 0. The van der Waals surface area contributed by atoms with Gasteiger partial charge in [0.15, 0.2) is 0 Å². The molecule has 0 bridgehead atoms. The summed E-state index contributed by atoms with van der Waals surface area (Å²) in [6.07, 6.45) is 4.95. The molecule has 0 atom stereocenters. The molecule has 2 heteroatoms. The van der Waals surface area contributed by atoms with Gasteiger partial charge in [-0.2, -0.15) is 0 Å². The molecule has 2 aromatic carbocycles. The molecule has 0 spiro atoms. The zero-order chi connectivity index (χ0) is 12.8. The van der Waals surface area contributed by atoms with E-state index in [2.05, 4.69) is 18.2 Å². The van der Waals surface area contributed by atoms with Crippen LogP contribution in [0, 0.1) is 0 Å². The fraction of sp³-hybridized carbons (Fsp3) is 0.0625. The molecule has 2 aromatic rings. The van der Waals surface area contributed by atoms with Crippen LogP contribution in [0.5, 0.6) is 0 Å². The molecule has 0 aromatic heterocycles. The summed E-state index contributed by atoms with van der Waals surface area (Å²) >= 11 is 0. The minimum Gasteiger partial charge on any atom is -0.478 e. The summed E-state index contributed by atoms with van der Waals surface area (Å²) in [4.78, 5) is 10.7. The lowest BCUT2D eigenvalue weighted by molar-refractivity contribution is 0.0697. The van der Waals surface area contributed by atoms with E-state index in [9.17, 15) is 4.79 Å². The SMILES string of the molecule is O=C(O)c1ccc(/C=C/Cc2ccccc2)cc1. The van der Waals surface area contributed by atoms with E-state index in [1.807, 2.05) is 36.4 Å². The predicted octanol–water partition coefficient (Wildman–Crippen LogP) is 3.64. The molecule has 0 aliphatic heterocycles. The van der Waals surface area contributed by atoms with E-state index in [0.29, 0.717) is 5.56 Å². The van der Waals surface area contributed by atoms with Gasteiger partial charge >= 0.3 is 5.97 Å². The Morgan fingerprint density at radius 1 is 1.00 bits per heavy atom. The van der Waals surface area contributed by atoms with Crippen LogP contribution in [0.2, 0.25) is 0 Å². The maximum atomic E-state index is 10.7. The lowest BCUT2D eigenvalue weighted by Crippen LogP contribution is -1.94. The van der Waals surface area contributed by atoms with E-state index in [0.717, 1.165) is 12.0 Å². The van der Waals surface area contributed by atoms with Gasteiger partial charge in [0.05, 0.1) is 5.56 Å². The second kappa shape index (κ2) is 5.82. The van der Waals surface area contributed by atoms with Crippen molar-refractivity contribution in [2.75, 3.05) is 0 Å². The molecule has 0 radical (unpaired) electrons. The highest BCUT2D eigenvalue weighted by Gasteiger charge is 1.99. The van der Waals surface area contributed by atoms with E-state index in [1.54, 1.807) is 12.1 Å². The normalized spacial score (nSPS) is 10.7. The van der Waals surface area contributed by atoms with Gasteiger partial charge in [-0.1, -0.05) is 54.6 Å². The first-order chi connectivity index (χ1) is 8.75. The van der Waals surface area contributed by atoms with E-state index in [4.69, 9.17) is 5.11 Å². The van der Waals surface area contributed by atoms with Crippen LogP contribution >= 0.6 is 0 Å². The lowest BCUT2D eigenvalue weighted by atomic mass is 10.1. The highest BCUT2D eigenvalue weighted by atomic mass is 16.4. The average Bonchev–Trinajstić information content (AvgIpc) is 2.40. The van der Waals surface area contributed by atoms with Crippen LogP contribution in [0.3, 0.4) is 0 Å². The molecular weight excluding hydrogens is 224 g/mol. The number of benzene rings is 2. The first kappa shape index (κ1) is 12.1. The summed E-state index contributed by atoms with van der Waals surface area (Å²) in [6, 6.07) is 17.0. The minimum absolute atomic E-state index is 0.315. The van der Waals surface area contributed by atoms with Gasteiger partial charge < -0.3 is 5.11 Å². The van der Waals surface area contributed by atoms with Crippen molar-refractivity contribution in [1.82, 2.24) is 0 Å². The van der Waals surface area contributed by atoms with E-state index >= 15 is 0 Å². The number of rotatable bonds is 4. The van der Waals surface area contributed by atoms with Crippen molar-refractivity contribution in [3.8, 4) is 0 Å². The molecule has 0 aliphatic rings. The first-order valence-corrected chi connectivity index (χ1v) is 5.79. The van der Waals surface area contributed by atoms with Crippen LogP contribution in [0.1, 0.15) is 21.5 Å². The number of carboxylic acid groups (broad SMARTS) is 1. The first-order valence-electron chi connectivity index (χ1n) is 5.79. The third-order valence-electron chi connectivity index (χ3n) is 2.66. The number of hydrogen-bond acceptors (Lipinski definition) is 1. The summed E-state index contributed by atoms with van der Waals surface area (Å²) in [5.41, 5.74) is 2.59. The predicted molar refractivity (Wildman–Crippen MR) is 72.6 cm³/mol. The summed E-state index contributed by atoms with van der Waals surface area (Å²) in [5, 5.41) is 8.78. The molecule has 0 aliphatic carbocycles. The standard InChI is InChI=1S/C16H14O2/c17-16(18)15-11-9-14(10-12-15)8-4-7-13-5-2-1-3-6-13/h1-6,8-12H,7H2,(H,17,18)/b8-4+. The number of aromatic carboxylic acids is 1. The fourth-order valence-corrected chi connectivity index (χ4v) is 1.68. The van der Waals surface area contributed by atoms with Crippen LogP contribution in [-0.4, -0.2) is 11.1 Å². The zero-order valence-electron chi connectivity index (χ0n) is 9.91. The minimum atomic E-state index is -0.894. The number of carboxylic acids is 1. The molecule has 1 N–H and O–H groups in total. The molecule has 90 valence electrons. The van der Waals surface area contributed by atoms with Crippen LogP contribution in [-0.2, 0) is 6.42 Å². The van der Waals surface area contributed by atoms with Crippen molar-refractivity contribution in [3.05, 3.63) is 77.4 Å². The molecule has 0 amide bonds. The van der Waals surface area contributed by atoms with Crippen LogP contribution in [0.15, 0.2) is 60.7 Å². The van der Waals surface area contributed by atoms with Crippen molar-refractivity contribution >= 4 is 12.0 Å². The molecule has 0 heterocycles. The van der Waals surface area contributed by atoms with Crippen LogP contribution < -0.4 is 0 Å². The second-order valence-electron chi connectivity index (χ2n) is 4.02. The number of carbonyl (C=O) groups is 1. The van der Waals surface area contributed by atoms with Gasteiger partial charge in [-0.3, -0.25) is 0 Å². The lowest BCUT2D eigenvalue weighted by Gasteiger charge is -1.97. The van der Waals surface area contributed by atoms with Crippen LogP contribution in [0.25, 0.3) is 6.08 Å². The topological polar surface area (TPSA) is 37.3 Å². The third kappa shape index (κ3) is 3.32. The van der Waals surface area contributed by atoms with Crippen LogP contribution in [0.4, 0.5) is 0 Å². The monoisotopic (exact) mass is 238 g/mol. The van der Waals surface area contributed by atoms with Gasteiger partial charge in [-0.05, 0) is 29.7 Å². The quantitative estimate of drug-likeness (QED) is 0.882. The van der Waals surface area contributed by atoms with Gasteiger partial charge in [0.2, 0.25) is 0 Å². The smallest absolute Gasteiger partial charge is 0.335 e. The van der Waals surface area contributed by atoms with E-state index in [-0.39, 0.29) is 0 Å². The zero-order valence-corrected chi connectivity index (χ0v) is 9.91. The molecule has 2 nitrogen and oxygen atoms in total. The van der Waals surface area contributed by atoms with Gasteiger partial charge in [0.1, 0.15) is 0 Å². The maximum Gasteiger partial charge on any atom is 0.335 e. The summed E-state index contributed by atoms with van der Waals surface area (Å²) in [5.74, 6) is -0.894. The van der Waals surface area contributed by atoms with Gasteiger partial charge in [-0.15, -0.1) is 0 Å². The summed E-state index contributed by atoms with van der Waals surface area (Å²) in [7, 11) is 0. The van der Waals surface area contributed by atoms with Crippen molar-refractivity contribution < 1.29 is 9.90 Å². The molecule has 2 rings (SSSR count). The van der Waals surface area contributed by atoms with Gasteiger partial charge in [-0.25, -0.2) is 4.79 Å². The largest absolute Gasteiger partial charge is 0.478 e. The van der Waals surface area contributed by atoms with Gasteiger partial charge in [0, 0.05) is 0 Å². The number of hydrogen-bond donors (Lipinski definition) is 1. The Bertz CT molecular complexity index is 539. The average molecular weight is 238 g/mol. The molecule has 0 unspecified atom stereocenters. The van der Waals surface area contributed by atoms with Gasteiger partial charge in [0.25, 0.3) is 0 Å². The Balaban J connectivity index is 1.99. The van der Waals surface area contributed by atoms with E-state index in [1.165, 1.54) is 5.56 Å². The molecule has 18 heavy (non-hydrogen) atoms. The fourth-order valence-electron chi connectivity index (χ4n) is 1.68. The molecular formula is C16H14O2. The van der Waals surface area contributed by atoms with Crippen molar-refractivity contribution in [3.63, 3.8) is 0 Å². The Labute approximate surface area is 106 Å². The van der Waals surface area contributed by atoms with Crippen molar-refractivity contribution in [1.29, 1.82) is 0 Å². The summed E-state index contributed by atoms with van der Waals surface area (Å²) in [6.45, 7) is 0. The van der Waals surface area contributed by atoms with E-state index < -0.39 is 5.97 Å². The number of allylic oxidation sites excluding steroid dienone is 1. The van der Waals surface area contributed by atoms with Crippen molar-refractivity contribution in [2.45, 2.75) is 6.42 Å². The highest BCUT2D eigenvalue weighted by Crippen LogP contribution is 2.08. The Morgan fingerprint density at radius 2 is 1.67 bits per heavy atom. The molecule has 0 fully saturated rings. The Kier molecular flexibility index (Phi) is 3.92.